The van der Waals surface area contributed by atoms with E-state index in [4.69, 9.17) is 5.11 Å². The maximum Gasteiger partial charge on any atom is 0.303 e. The summed E-state index contributed by atoms with van der Waals surface area (Å²) in [4.78, 5) is 22.8. The van der Waals surface area contributed by atoms with Crippen molar-refractivity contribution in [1.29, 1.82) is 0 Å². The molecule has 1 fully saturated rings. The van der Waals surface area contributed by atoms with Gasteiger partial charge in [0.1, 0.15) is 0 Å². The molecule has 0 aromatic heterocycles. The number of carbonyl (C=O) groups is 2. The molecule has 0 heterocycles. The Morgan fingerprint density at radius 1 is 1.38 bits per heavy atom. The summed E-state index contributed by atoms with van der Waals surface area (Å²) in [5, 5.41) is 12.1. The van der Waals surface area contributed by atoms with Crippen LogP contribution in [0.4, 0.5) is 0 Å². The van der Waals surface area contributed by atoms with Crippen molar-refractivity contribution >= 4 is 11.9 Å². The van der Waals surface area contributed by atoms with Gasteiger partial charge in [-0.15, -0.1) is 0 Å². The number of aliphatic carboxylic acids is 1. The summed E-state index contributed by atoms with van der Waals surface area (Å²) in [5.74, 6) is 1.12. The van der Waals surface area contributed by atoms with E-state index >= 15 is 0 Å². The van der Waals surface area contributed by atoms with Crippen LogP contribution in [0.1, 0.15) is 46.5 Å². The number of carboxylic acid groups (broad SMARTS) is 1. The topological polar surface area (TPSA) is 66.4 Å². The highest BCUT2D eigenvalue weighted by atomic mass is 16.4. The van der Waals surface area contributed by atoms with E-state index in [1.807, 2.05) is 6.92 Å². The summed E-state index contributed by atoms with van der Waals surface area (Å²) in [6, 6.07) is 0. The van der Waals surface area contributed by atoms with E-state index in [1.54, 1.807) is 0 Å². The van der Waals surface area contributed by atoms with E-state index in [9.17, 15) is 9.59 Å². The first-order valence-electron chi connectivity index (χ1n) is 8.06. The molecular weight excluding hydrogens is 266 g/mol. The zero-order valence-electron chi connectivity index (χ0n) is 13.3. The van der Waals surface area contributed by atoms with Crippen LogP contribution in [0.2, 0.25) is 0 Å². The monoisotopic (exact) mass is 293 g/mol. The Balaban J connectivity index is 2.00. The fourth-order valence-electron chi connectivity index (χ4n) is 3.43. The Morgan fingerprint density at radius 3 is 2.57 bits per heavy atom. The van der Waals surface area contributed by atoms with Gasteiger partial charge in [-0.25, -0.2) is 0 Å². The molecule has 0 unspecified atom stereocenters. The molecule has 0 spiro atoms. The van der Waals surface area contributed by atoms with Gasteiger partial charge in [-0.1, -0.05) is 25.5 Å². The Kier molecular flexibility index (Phi) is 5.07. The Hall–Kier alpha value is -1.32. The highest BCUT2D eigenvalue weighted by Crippen LogP contribution is 2.39. The molecule has 1 amide bonds. The van der Waals surface area contributed by atoms with Crippen molar-refractivity contribution in [3.63, 3.8) is 0 Å². The molecule has 0 bridgehead atoms. The average Bonchev–Trinajstić information content (AvgIpc) is 3.22. The highest BCUT2D eigenvalue weighted by molar-refractivity contribution is 5.80. The van der Waals surface area contributed by atoms with Crippen LogP contribution in [0.3, 0.4) is 0 Å². The van der Waals surface area contributed by atoms with Crippen LogP contribution in [0.5, 0.6) is 0 Å². The molecule has 0 saturated heterocycles. The average molecular weight is 293 g/mol. The van der Waals surface area contributed by atoms with Gasteiger partial charge in [0.05, 0.1) is 6.42 Å². The zero-order chi connectivity index (χ0) is 15.6. The van der Waals surface area contributed by atoms with Gasteiger partial charge >= 0.3 is 5.97 Å². The molecule has 1 saturated carbocycles. The fraction of sp³-hybridized carbons (Fsp3) is 0.765. The number of carbonyl (C=O) groups excluding carboxylic acids is 1. The molecule has 0 aromatic carbocycles. The smallest absolute Gasteiger partial charge is 0.303 e. The van der Waals surface area contributed by atoms with Gasteiger partial charge in [-0.2, -0.15) is 0 Å². The summed E-state index contributed by atoms with van der Waals surface area (Å²) in [7, 11) is 0. The summed E-state index contributed by atoms with van der Waals surface area (Å²) >= 11 is 0. The molecule has 0 aliphatic heterocycles. The Morgan fingerprint density at radius 2 is 2.05 bits per heavy atom. The number of allylic oxidation sites excluding steroid dienone is 1. The summed E-state index contributed by atoms with van der Waals surface area (Å²) in [6.07, 6.45) is 5.39. The third kappa shape index (κ3) is 4.32. The molecule has 2 aliphatic carbocycles. The van der Waals surface area contributed by atoms with Crippen LogP contribution < -0.4 is 5.32 Å². The van der Waals surface area contributed by atoms with Crippen molar-refractivity contribution in [2.24, 2.45) is 29.6 Å². The first-order chi connectivity index (χ1) is 9.88. The van der Waals surface area contributed by atoms with Crippen LogP contribution in [0.15, 0.2) is 11.6 Å². The number of hydrogen-bond donors (Lipinski definition) is 2. The maximum absolute atomic E-state index is 11.8. The molecule has 118 valence electrons. The van der Waals surface area contributed by atoms with E-state index in [1.165, 1.54) is 5.57 Å². The van der Waals surface area contributed by atoms with Crippen LogP contribution in [-0.2, 0) is 9.59 Å². The van der Waals surface area contributed by atoms with Gasteiger partial charge in [-0.3, -0.25) is 9.59 Å². The van der Waals surface area contributed by atoms with Crippen molar-refractivity contribution in [3.8, 4) is 0 Å². The second-order valence-electron chi connectivity index (χ2n) is 7.03. The first kappa shape index (κ1) is 16.1. The summed E-state index contributed by atoms with van der Waals surface area (Å²) in [5.41, 5.74) is 1.17. The minimum atomic E-state index is -0.726. The van der Waals surface area contributed by atoms with E-state index in [-0.39, 0.29) is 24.2 Å². The molecule has 0 radical (unpaired) electrons. The molecule has 2 N–H and O–H groups in total. The lowest BCUT2D eigenvalue weighted by atomic mass is 9.70. The van der Waals surface area contributed by atoms with E-state index in [0.717, 1.165) is 19.3 Å². The largest absolute Gasteiger partial charge is 0.481 e. The molecular formula is C17H27NO3. The third-order valence-electron chi connectivity index (χ3n) is 4.97. The van der Waals surface area contributed by atoms with Crippen LogP contribution in [0, 0.1) is 29.6 Å². The third-order valence-corrected chi connectivity index (χ3v) is 4.97. The summed E-state index contributed by atoms with van der Waals surface area (Å²) in [6.45, 7) is 7.09. The molecule has 21 heavy (non-hydrogen) atoms. The quantitative estimate of drug-likeness (QED) is 0.740. The minimum absolute atomic E-state index is 0.144. The molecule has 4 heteroatoms. The van der Waals surface area contributed by atoms with Crippen LogP contribution in [0.25, 0.3) is 0 Å². The Labute approximate surface area is 127 Å². The van der Waals surface area contributed by atoms with Crippen molar-refractivity contribution in [3.05, 3.63) is 11.6 Å². The fourth-order valence-corrected chi connectivity index (χ4v) is 3.43. The highest BCUT2D eigenvalue weighted by Gasteiger charge is 2.34. The number of hydrogen-bond acceptors (Lipinski definition) is 2. The van der Waals surface area contributed by atoms with Gasteiger partial charge in [0.2, 0.25) is 5.91 Å². The predicted molar refractivity (Wildman–Crippen MR) is 81.7 cm³/mol. The lowest BCUT2D eigenvalue weighted by Gasteiger charge is -2.36. The second-order valence-corrected chi connectivity index (χ2v) is 7.03. The van der Waals surface area contributed by atoms with Crippen molar-refractivity contribution in [1.82, 2.24) is 5.32 Å². The van der Waals surface area contributed by atoms with Crippen LogP contribution >= 0.6 is 0 Å². The molecule has 2 rings (SSSR count). The maximum atomic E-state index is 11.8. The van der Waals surface area contributed by atoms with Crippen molar-refractivity contribution < 1.29 is 14.7 Å². The zero-order valence-corrected chi connectivity index (χ0v) is 13.3. The standard InChI is InChI=1S/C17H27NO3/c1-10(2)15-7-13(8-16(19)20)11(3)6-14(15)9-18-17(21)12-4-5-12/h6,10,12-15H,4-5,7-9H2,1-3H3,(H,18,21)(H,19,20)/t13-,14-,15-/m0/s1. The van der Waals surface area contributed by atoms with Gasteiger partial charge in [-0.05, 0) is 49.9 Å². The SMILES string of the molecule is CC1=C[C@@H](CNC(=O)C2CC2)[C@H](C(C)C)C[C@H]1CC(=O)O. The molecule has 3 atom stereocenters. The van der Waals surface area contributed by atoms with Gasteiger partial charge in [0.25, 0.3) is 0 Å². The van der Waals surface area contributed by atoms with E-state index in [2.05, 4.69) is 25.2 Å². The van der Waals surface area contributed by atoms with Crippen LogP contribution in [-0.4, -0.2) is 23.5 Å². The normalized spacial score (nSPS) is 29.1. The van der Waals surface area contributed by atoms with Crippen molar-refractivity contribution in [2.75, 3.05) is 6.54 Å². The molecule has 4 nitrogen and oxygen atoms in total. The lowest BCUT2D eigenvalue weighted by Crippen LogP contribution is -2.37. The number of carboxylic acids is 1. The van der Waals surface area contributed by atoms with E-state index < -0.39 is 5.97 Å². The lowest BCUT2D eigenvalue weighted by molar-refractivity contribution is -0.138. The minimum Gasteiger partial charge on any atom is -0.481 e. The van der Waals surface area contributed by atoms with Crippen molar-refractivity contribution in [2.45, 2.75) is 46.5 Å². The van der Waals surface area contributed by atoms with E-state index in [0.29, 0.717) is 24.3 Å². The Bertz CT molecular complexity index is 437. The molecule has 0 aromatic rings. The summed E-state index contributed by atoms with van der Waals surface area (Å²) < 4.78 is 0. The number of amides is 1. The number of nitrogens with one attached hydrogen (secondary N) is 1. The predicted octanol–water partition coefficient (Wildman–Crippen LogP) is 2.84. The van der Waals surface area contributed by atoms with Gasteiger partial charge in [0, 0.05) is 12.5 Å². The van der Waals surface area contributed by atoms with Gasteiger partial charge in [0.15, 0.2) is 0 Å². The second kappa shape index (κ2) is 6.63. The number of rotatable bonds is 6. The first-order valence-corrected chi connectivity index (χ1v) is 8.06. The van der Waals surface area contributed by atoms with Gasteiger partial charge < -0.3 is 10.4 Å². The molecule has 2 aliphatic rings.